The van der Waals surface area contributed by atoms with Crippen molar-refractivity contribution in [3.05, 3.63) is 58.9 Å². The van der Waals surface area contributed by atoms with Crippen molar-refractivity contribution in [2.24, 2.45) is 5.73 Å². The maximum Gasteiger partial charge on any atom is 0.124 e. The van der Waals surface area contributed by atoms with Crippen LogP contribution in [0.25, 0.3) is 0 Å². The predicted molar refractivity (Wildman–Crippen MR) is 72.6 cm³/mol. The second kappa shape index (κ2) is 5.85. The highest BCUT2D eigenvalue weighted by molar-refractivity contribution is 6.31. The van der Waals surface area contributed by atoms with Gasteiger partial charge >= 0.3 is 0 Å². The number of para-hydroxylation sites is 1. The van der Waals surface area contributed by atoms with Gasteiger partial charge in [-0.15, -0.1) is 0 Å². The standard InChI is InChI=1S/C14H15ClN2O/c1-10(16)12-4-2-3-5-14(12)18-9-11-6-7-17-8-13(11)15/h2-8,10H,9,16H2,1H3/t10-/m0/s1. The van der Waals surface area contributed by atoms with Crippen molar-refractivity contribution in [2.45, 2.75) is 19.6 Å². The molecule has 0 saturated heterocycles. The molecule has 0 aliphatic carbocycles. The van der Waals surface area contributed by atoms with E-state index in [9.17, 15) is 0 Å². The number of aromatic nitrogens is 1. The Morgan fingerprint density at radius 2 is 2.11 bits per heavy atom. The highest BCUT2D eigenvalue weighted by atomic mass is 35.5. The number of nitrogens with zero attached hydrogens (tertiary/aromatic N) is 1. The number of rotatable bonds is 4. The van der Waals surface area contributed by atoms with Crippen LogP contribution >= 0.6 is 11.6 Å². The Morgan fingerprint density at radius 1 is 1.33 bits per heavy atom. The Morgan fingerprint density at radius 3 is 2.83 bits per heavy atom. The highest BCUT2D eigenvalue weighted by Gasteiger charge is 2.08. The van der Waals surface area contributed by atoms with E-state index in [2.05, 4.69) is 4.98 Å². The molecule has 0 bridgehead atoms. The zero-order valence-corrected chi connectivity index (χ0v) is 10.9. The Bertz CT molecular complexity index is 529. The van der Waals surface area contributed by atoms with Crippen molar-refractivity contribution in [3.63, 3.8) is 0 Å². The van der Waals surface area contributed by atoms with Gasteiger partial charge in [-0.3, -0.25) is 4.98 Å². The van der Waals surface area contributed by atoms with E-state index in [-0.39, 0.29) is 6.04 Å². The van der Waals surface area contributed by atoms with Crippen LogP contribution < -0.4 is 10.5 Å². The van der Waals surface area contributed by atoms with Crippen LogP contribution in [-0.2, 0) is 6.61 Å². The summed E-state index contributed by atoms with van der Waals surface area (Å²) in [5.41, 5.74) is 7.79. The second-order valence-corrected chi connectivity index (χ2v) is 4.49. The number of halogens is 1. The van der Waals surface area contributed by atoms with E-state index in [0.717, 1.165) is 16.9 Å². The third kappa shape index (κ3) is 3.00. The zero-order valence-electron chi connectivity index (χ0n) is 10.1. The number of hydrogen-bond acceptors (Lipinski definition) is 3. The maximum absolute atomic E-state index is 6.03. The molecule has 4 heteroatoms. The van der Waals surface area contributed by atoms with Crippen LogP contribution in [0.5, 0.6) is 5.75 Å². The first kappa shape index (κ1) is 12.9. The van der Waals surface area contributed by atoms with Crippen LogP contribution in [0.15, 0.2) is 42.7 Å². The minimum absolute atomic E-state index is 0.0610. The molecule has 94 valence electrons. The molecule has 0 spiro atoms. The molecule has 1 aromatic heterocycles. The molecule has 0 aliphatic heterocycles. The second-order valence-electron chi connectivity index (χ2n) is 4.08. The lowest BCUT2D eigenvalue weighted by atomic mass is 10.1. The van der Waals surface area contributed by atoms with Crippen LogP contribution in [-0.4, -0.2) is 4.98 Å². The number of benzene rings is 1. The lowest BCUT2D eigenvalue weighted by Crippen LogP contribution is -2.08. The topological polar surface area (TPSA) is 48.1 Å². The quantitative estimate of drug-likeness (QED) is 0.919. The fraction of sp³-hybridized carbons (Fsp3) is 0.214. The maximum atomic E-state index is 6.03. The summed E-state index contributed by atoms with van der Waals surface area (Å²) in [7, 11) is 0. The highest BCUT2D eigenvalue weighted by Crippen LogP contribution is 2.25. The minimum Gasteiger partial charge on any atom is -0.489 e. The number of nitrogens with two attached hydrogens (primary N) is 1. The summed E-state index contributed by atoms with van der Waals surface area (Å²) in [4.78, 5) is 3.94. The predicted octanol–water partition coefficient (Wildman–Crippen LogP) is 3.33. The van der Waals surface area contributed by atoms with E-state index in [4.69, 9.17) is 22.1 Å². The van der Waals surface area contributed by atoms with Gasteiger partial charge in [-0.05, 0) is 19.1 Å². The number of ether oxygens (including phenoxy) is 1. The SMILES string of the molecule is C[C@H](N)c1ccccc1OCc1ccncc1Cl. The minimum atomic E-state index is -0.0610. The Hall–Kier alpha value is -1.58. The molecule has 2 N–H and O–H groups in total. The van der Waals surface area contributed by atoms with Crippen LogP contribution in [0.1, 0.15) is 24.1 Å². The zero-order chi connectivity index (χ0) is 13.0. The molecule has 0 radical (unpaired) electrons. The molecule has 1 aromatic carbocycles. The van der Waals surface area contributed by atoms with Crippen LogP contribution in [0.2, 0.25) is 5.02 Å². The first-order valence-corrected chi connectivity index (χ1v) is 6.12. The number of pyridine rings is 1. The summed E-state index contributed by atoms with van der Waals surface area (Å²) >= 11 is 6.03. The van der Waals surface area contributed by atoms with E-state index >= 15 is 0 Å². The van der Waals surface area contributed by atoms with Crippen molar-refractivity contribution in [3.8, 4) is 5.75 Å². The smallest absolute Gasteiger partial charge is 0.124 e. The third-order valence-electron chi connectivity index (χ3n) is 2.65. The molecule has 0 fully saturated rings. The molecule has 0 aliphatic rings. The van der Waals surface area contributed by atoms with E-state index in [0.29, 0.717) is 11.6 Å². The number of hydrogen-bond donors (Lipinski definition) is 1. The first-order valence-electron chi connectivity index (χ1n) is 5.74. The molecular formula is C14H15ClN2O. The third-order valence-corrected chi connectivity index (χ3v) is 2.99. The van der Waals surface area contributed by atoms with Crippen molar-refractivity contribution in [1.82, 2.24) is 4.98 Å². The van der Waals surface area contributed by atoms with Gasteiger partial charge in [0.2, 0.25) is 0 Å². The van der Waals surface area contributed by atoms with E-state index in [1.807, 2.05) is 37.3 Å². The molecular weight excluding hydrogens is 248 g/mol. The summed E-state index contributed by atoms with van der Waals surface area (Å²) in [5, 5.41) is 0.607. The first-order chi connectivity index (χ1) is 8.68. The monoisotopic (exact) mass is 262 g/mol. The summed E-state index contributed by atoms with van der Waals surface area (Å²) in [6.45, 7) is 2.34. The van der Waals surface area contributed by atoms with E-state index in [1.54, 1.807) is 12.4 Å². The molecule has 0 amide bonds. The molecule has 0 saturated carbocycles. The Balaban J connectivity index is 2.14. The van der Waals surface area contributed by atoms with Crippen LogP contribution in [0.4, 0.5) is 0 Å². The molecule has 1 atom stereocenters. The lowest BCUT2D eigenvalue weighted by Gasteiger charge is -2.14. The van der Waals surface area contributed by atoms with Crippen LogP contribution in [0.3, 0.4) is 0 Å². The molecule has 0 unspecified atom stereocenters. The molecule has 2 aromatic rings. The summed E-state index contributed by atoms with van der Waals surface area (Å²) in [5.74, 6) is 0.792. The fourth-order valence-electron chi connectivity index (χ4n) is 1.66. The molecule has 1 heterocycles. The van der Waals surface area contributed by atoms with Crippen molar-refractivity contribution < 1.29 is 4.74 Å². The summed E-state index contributed by atoms with van der Waals surface area (Å²) in [6, 6.07) is 9.54. The van der Waals surface area contributed by atoms with Gasteiger partial charge in [0.05, 0.1) is 5.02 Å². The van der Waals surface area contributed by atoms with Gasteiger partial charge in [0, 0.05) is 29.6 Å². The molecule has 18 heavy (non-hydrogen) atoms. The Labute approximate surface area is 112 Å². The summed E-state index contributed by atoms with van der Waals surface area (Å²) in [6.07, 6.45) is 3.31. The summed E-state index contributed by atoms with van der Waals surface area (Å²) < 4.78 is 5.77. The van der Waals surface area contributed by atoms with E-state index < -0.39 is 0 Å². The normalized spacial score (nSPS) is 12.2. The van der Waals surface area contributed by atoms with E-state index in [1.165, 1.54) is 0 Å². The van der Waals surface area contributed by atoms with Gasteiger partial charge in [-0.1, -0.05) is 29.8 Å². The van der Waals surface area contributed by atoms with Gasteiger partial charge < -0.3 is 10.5 Å². The Kier molecular flexibility index (Phi) is 4.18. The van der Waals surface area contributed by atoms with Crippen molar-refractivity contribution >= 4 is 11.6 Å². The van der Waals surface area contributed by atoms with Gasteiger partial charge in [0.1, 0.15) is 12.4 Å². The van der Waals surface area contributed by atoms with Crippen molar-refractivity contribution in [1.29, 1.82) is 0 Å². The molecule has 3 nitrogen and oxygen atoms in total. The average molecular weight is 263 g/mol. The van der Waals surface area contributed by atoms with Gasteiger partial charge in [-0.25, -0.2) is 0 Å². The largest absolute Gasteiger partial charge is 0.489 e. The van der Waals surface area contributed by atoms with Crippen LogP contribution in [0, 0.1) is 0 Å². The lowest BCUT2D eigenvalue weighted by molar-refractivity contribution is 0.301. The van der Waals surface area contributed by atoms with Gasteiger partial charge in [0.25, 0.3) is 0 Å². The molecule has 2 rings (SSSR count). The van der Waals surface area contributed by atoms with Crippen molar-refractivity contribution in [2.75, 3.05) is 0 Å². The fourth-order valence-corrected chi connectivity index (χ4v) is 1.84. The van der Waals surface area contributed by atoms with Gasteiger partial charge in [0.15, 0.2) is 0 Å². The van der Waals surface area contributed by atoms with Gasteiger partial charge in [-0.2, -0.15) is 0 Å². The average Bonchev–Trinajstić information content (AvgIpc) is 2.38.